The number of rotatable bonds is 7. The van der Waals surface area contributed by atoms with Gasteiger partial charge in [-0.1, -0.05) is 12.1 Å². The van der Waals surface area contributed by atoms with Gasteiger partial charge in [0, 0.05) is 23.7 Å². The minimum Gasteiger partial charge on any atom is -0.497 e. The molecule has 0 saturated carbocycles. The third-order valence-electron chi connectivity index (χ3n) is 3.61. The van der Waals surface area contributed by atoms with Crippen molar-refractivity contribution in [3.05, 3.63) is 59.7 Å². The van der Waals surface area contributed by atoms with Gasteiger partial charge in [0.05, 0.1) is 14.2 Å². The van der Waals surface area contributed by atoms with Crippen molar-refractivity contribution in [3.8, 4) is 11.5 Å². The predicted octanol–water partition coefficient (Wildman–Crippen LogP) is 2.25. The third-order valence-corrected chi connectivity index (χ3v) is 3.61. The molecule has 0 spiro atoms. The molecule has 0 aliphatic rings. The van der Waals surface area contributed by atoms with Gasteiger partial charge in [-0.25, -0.2) is 0 Å². The van der Waals surface area contributed by atoms with E-state index in [1.807, 2.05) is 6.92 Å². The number of carbonyl (C=O) groups is 2. The zero-order valence-corrected chi connectivity index (χ0v) is 14.5. The molecule has 25 heavy (non-hydrogen) atoms. The summed E-state index contributed by atoms with van der Waals surface area (Å²) >= 11 is 0. The number of hydrogen-bond donors (Lipinski definition) is 2. The van der Waals surface area contributed by atoms with E-state index in [1.54, 1.807) is 62.8 Å². The number of ether oxygens (including phenoxy) is 2. The number of benzene rings is 2. The SMILES string of the molecule is COc1cccc(C(=O)NC[C@@H](C)NC(=O)c2cccc(OC)c2)c1. The third kappa shape index (κ3) is 5.24. The fourth-order valence-corrected chi connectivity index (χ4v) is 2.23. The average molecular weight is 342 g/mol. The van der Waals surface area contributed by atoms with Crippen LogP contribution < -0.4 is 20.1 Å². The quantitative estimate of drug-likeness (QED) is 0.809. The molecular weight excluding hydrogens is 320 g/mol. The maximum atomic E-state index is 12.2. The lowest BCUT2D eigenvalue weighted by Gasteiger charge is -2.15. The maximum absolute atomic E-state index is 12.2. The minimum absolute atomic E-state index is 0.220. The highest BCUT2D eigenvalue weighted by Gasteiger charge is 2.12. The Labute approximate surface area is 147 Å². The van der Waals surface area contributed by atoms with E-state index in [0.29, 0.717) is 29.2 Å². The van der Waals surface area contributed by atoms with E-state index in [1.165, 1.54) is 0 Å². The average Bonchev–Trinajstić information content (AvgIpc) is 2.66. The molecule has 6 heteroatoms. The van der Waals surface area contributed by atoms with Gasteiger partial charge in [-0.05, 0) is 43.3 Å². The van der Waals surface area contributed by atoms with E-state index in [2.05, 4.69) is 10.6 Å². The molecule has 0 bridgehead atoms. The first-order valence-electron chi connectivity index (χ1n) is 7.90. The topological polar surface area (TPSA) is 76.7 Å². The van der Waals surface area contributed by atoms with Crippen LogP contribution in [0.3, 0.4) is 0 Å². The summed E-state index contributed by atoms with van der Waals surface area (Å²) in [7, 11) is 3.10. The van der Waals surface area contributed by atoms with Crippen LogP contribution in [0.2, 0.25) is 0 Å². The lowest BCUT2D eigenvalue weighted by molar-refractivity contribution is 0.0912. The molecular formula is C19H22N2O4. The van der Waals surface area contributed by atoms with Crippen molar-refractivity contribution >= 4 is 11.8 Å². The van der Waals surface area contributed by atoms with E-state index >= 15 is 0 Å². The number of hydrogen-bond acceptors (Lipinski definition) is 4. The summed E-state index contributed by atoms with van der Waals surface area (Å²) in [6.45, 7) is 2.13. The van der Waals surface area contributed by atoms with Crippen molar-refractivity contribution in [2.75, 3.05) is 20.8 Å². The molecule has 0 heterocycles. The second-order valence-electron chi connectivity index (χ2n) is 5.55. The van der Waals surface area contributed by atoms with Gasteiger partial charge in [-0.15, -0.1) is 0 Å². The number of methoxy groups -OCH3 is 2. The van der Waals surface area contributed by atoms with Crippen molar-refractivity contribution in [2.45, 2.75) is 13.0 Å². The van der Waals surface area contributed by atoms with E-state index in [4.69, 9.17) is 9.47 Å². The van der Waals surface area contributed by atoms with E-state index in [0.717, 1.165) is 0 Å². The summed E-state index contributed by atoms with van der Waals surface area (Å²) in [5, 5.41) is 5.64. The summed E-state index contributed by atoms with van der Waals surface area (Å²) in [4.78, 5) is 24.4. The number of amides is 2. The Morgan fingerprint density at radius 1 is 0.920 bits per heavy atom. The molecule has 0 aliphatic heterocycles. The van der Waals surface area contributed by atoms with Crippen LogP contribution in [0.5, 0.6) is 11.5 Å². The van der Waals surface area contributed by atoms with Crippen LogP contribution in [0.4, 0.5) is 0 Å². The summed E-state index contributed by atoms with van der Waals surface area (Å²) in [6, 6.07) is 13.6. The fraction of sp³-hybridized carbons (Fsp3) is 0.263. The van der Waals surface area contributed by atoms with Gasteiger partial charge in [0.15, 0.2) is 0 Å². The van der Waals surface area contributed by atoms with Crippen LogP contribution in [-0.2, 0) is 0 Å². The molecule has 2 amide bonds. The molecule has 0 fully saturated rings. The lowest BCUT2D eigenvalue weighted by Crippen LogP contribution is -2.41. The molecule has 2 N–H and O–H groups in total. The predicted molar refractivity (Wildman–Crippen MR) is 95.2 cm³/mol. The minimum atomic E-state index is -0.228. The van der Waals surface area contributed by atoms with Gasteiger partial charge < -0.3 is 20.1 Å². The first kappa shape index (κ1) is 18.3. The second-order valence-corrected chi connectivity index (χ2v) is 5.55. The van der Waals surface area contributed by atoms with Crippen LogP contribution in [0.25, 0.3) is 0 Å². The molecule has 0 aromatic heterocycles. The van der Waals surface area contributed by atoms with E-state index < -0.39 is 0 Å². The first-order chi connectivity index (χ1) is 12.0. The summed E-state index contributed by atoms with van der Waals surface area (Å²) in [5.41, 5.74) is 1.01. The monoisotopic (exact) mass is 342 g/mol. The van der Waals surface area contributed by atoms with Gasteiger partial charge in [0.2, 0.25) is 0 Å². The highest BCUT2D eigenvalue weighted by Crippen LogP contribution is 2.13. The van der Waals surface area contributed by atoms with Crippen molar-refractivity contribution in [3.63, 3.8) is 0 Å². The molecule has 1 atom stereocenters. The molecule has 2 aromatic rings. The van der Waals surface area contributed by atoms with Gasteiger partial charge in [0.25, 0.3) is 11.8 Å². The Bertz CT molecular complexity index is 746. The molecule has 0 unspecified atom stereocenters. The van der Waals surface area contributed by atoms with Crippen LogP contribution in [0, 0.1) is 0 Å². The van der Waals surface area contributed by atoms with Crippen LogP contribution >= 0.6 is 0 Å². The molecule has 2 rings (SSSR count). The Kier molecular flexibility index (Phi) is 6.39. The number of nitrogens with one attached hydrogen (secondary N) is 2. The Hall–Kier alpha value is -3.02. The molecule has 0 radical (unpaired) electrons. The summed E-state index contributed by atoms with van der Waals surface area (Å²) in [6.07, 6.45) is 0. The molecule has 6 nitrogen and oxygen atoms in total. The van der Waals surface area contributed by atoms with E-state index in [9.17, 15) is 9.59 Å². The first-order valence-corrected chi connectivity index (χ1v) is 7.90. The smallest absolute Gasteiger partial charge is 0.251 e. The summed E-state index contributed by atoms with van der Waals surface area (Å²) < 4.78 is 10.2. The largest absolute Gasteiger partial charge is 0.497 e. The molecule has 2 aromatic carbocycles. The van der Waals surface area contributed by atoms with Crippen LogP contribution in [-0.4, -0.2) is 38.6 Å². The lowest BCUT2D eigenvalue weighted by atomic mass is 10.2. The summed E-state index contributed by atoms with van der Waals surface area (Å²) in [5.74, 6) is 0.794. The highest BCUT2D eigenvalue weighted by molar-refractivity contribution is 5.95. The zero-order chi connectivity index (χ0) is 18.2. The Morgan fingerprint density at radius 2 is 1.44 bits per heavy atom. The van der Waals surface area contributed by atoms with Gasteiger partial charge in [-0.2, -0.15) is 0 Å². The van der Waals surface area contributed by atoms with Crippen LogP contribution in [0.15, 0.2) is 48.5 Å². The Balaban J connectivity index is 1.88. The molecule has 0 aliphatic carbocycles. The standard InChI is InChI=1S/C19H22N2O4/c1-13(21-19(23)15-7-5-9-17(11-15)25-3)12-20-18(22)14-6-4-8-16(10-14)24-2/h4-11,13H,12H2,1-3H3,(H,20,22)(H,21,23)/t13-/m1/s1. The van der Waals surface area contributed by atoms with Crippen molar-refractivity contribution in [1.82, 2.24) is 10.6 Å². The highest BCUT2D eigenvalue weighted by atomic mass is 16.5. The molecule has 0 saturated heterocycles. The number of carbonyl (C=O) groups excluding carboxylic acids is 2. The Morgan fingerprint density at radius 3 is 1.96 bits per heavy atom. The van der Waals surface area contributed by atoms with Gasteiger partial charge >= 0.3 is 0 Å². The van der Waals surface area contributed by atoms with E-state index in [-0.39, 0.29) is 17.9 Å². The van der Waals surface area contributed by atoms with Crippen molar-refractivity contribution in [1.29, 1.82) is 0 Å². The van der Waals surface area contributed by atoms with Crippen LogP contribution in [0.1, 0.15) is 27.6 Å². The zero-order valence-electron chi connectivity index (χ0n) is 14.5. The maximum Gasteiger partial charge on any atom is 0.251 e. The van der Waals surface area contributed by atoms with Crippen molar-refractivity contribution < 1.29 is 19.1 Å². The van der Waals surface area contributed by atoms with Crippen molar-refractivity contribution in [2.24, 2.45) is 0 Å². The second kappa shape index (κ2) is 8.73. The normalized spacial score (nSPS) is 11.3. The fourth-order valence-electron chi connectivity index (χ4n) is 2.23. The molecule has 132 valence electrons. The van der Waals surface area contributed by atoms with Gasteiger partial charge in [0.1, 0.15) is 11.5 Å². The van der Waals surface area contributed by atoms with Gasteiger partial charge in [-0.3, -0.25) is 9.59 Å².